The van der Waals surface area contributed by atoms with Crippen LogP contribution in [-0.4, -0.2) is 55.7 Å². The average molecular weight is 337 g/mol. The number of nitrogens with zero attached hydrogens (tertiary/aromatic N) is 1. The lowest BCUT2D eigenvalue weighted by molar-refractivity contribution is -0.135. The van der Waals surface area contributed by atoms with Gasteiger partial charge >= 0.3 is 0 Å². The highest BCUT2D eigenvalue weighted by Gasteiger charge is 2.42. The van der Waals surface area contributed by atoms with Gasteiger partial charge in [0.1, 0.15) is 5.75 Å². The van der Waals surface area contributed by atoms with Crippen LogP contribution in [0.1, 0.15) is 29.6 Å². The van der Waals surface area contributed by atoms with Gasteiger partial charge in [0.05, 0.1) is 17.1 Å². The second kappa shape index (κ2) is 6.31. The first-order valence-corrected chi connectivity index (χ1v) is 9.51. The van der Waals surface area contributed by atoms with Crippen LogP contribution in [0.25, 0.3) is 0 Å². The van der Waals surface area contributed by atoms with Gasteiger partial charge in [0.25, 0.3) is 5.91 Å². The highest BCUT2D eigenvalue weighted by atomic mass is 32.2. The summed E-state index contributed by atoms with van der Waals surface area (Å²) in [4.78, 5) is 25.2. The SMILES string of the molecule is O=Cc1ccccc1OCC(=O)N(C1CC1)[C@@H]1CCS(=O)(=O)C1. The highest BCUT2D eigenvalue weighted by Crippen LogP contribution is 2.32. The Morgan fingerprint density at radius 2 is 1.96 bits per heavy atom. The minimum atomic E-state index is -3.04. The van der Waals surface area contributed by atoms with Gasteiger partial charge in [-0.15, -0.1) is 0 Å². The van der Waals surface area contributed by atoms with Crippen molar-refractivity contribution in [2.45, 2.75) is 31.3 Å². The lowest BCUT2D eigenvalue weighted by Gasteiger charge is -2.28. The zero-order valence-corrected chi connectivity index (χ0v) is 13.5. The van der Waals surface area contributed by atoms with E-state index >= 15 is 0 Å². The van der Waals surface area contributed by atoms with E-state index in [1.165, 1.54) is 0 Å². The number of amides is 1. The maximum Gasteiger partial charge on any atom is 0.261 e. The van der Waals surface area contributed by atoms with E-state index in [1.54, 1.807) is 29.2 Å². The number of para-hydroxylation sites is 1. The number of hydrogen-bond donors (Lipinski definition) is 0. The number of carbonyl (C=O) groups excluding carboxylic acids is 2. The molecule has 23 heavy (non-hydrogen) atoms. The fourth-order valence-electron chi connectivity index (χ4n) is 2.98. The van der Waals surface area contributed by atoms with E-state index in [0.717, 1.165) is 12.8 Å². The molecule has 2 fully saturated rings. The van der Waals surface area contributed by atoms with E-state index in [-0.39, 0.29) is 36.1 Å². The number of ether oxygens (including phenoxy) is 1. The van der Waals surface area contributed by atoms with Gasteiger partial charge in [-0.05, 0) is 31.4 Å². The van der Waals surface area contributed by atoms with Crippen LogP contribution in [0.3, 0.4) is 0 Å². The first-order valence-electron chi connectivity index (χ1n) is 7.69. The molecule has 0 spiro atoms. The van der Waals surface area contributed by atoms with E-state index in [2.05, 4.69) is 0 Å². The minimum Gasteiger partial charge on any atom is -0.483 e. The normalized spacial score (nSPS) is 22.5. The monoisotopic (exact) mass is 337 g/mol. The van der Waals surface area contributed by atoms with E-state index in [1.807, 2.05) is 0 Å². The van der Waals surface area contributed by atoms with E-state index in [9.17, 15) is 18.0 Å². The molecule has 0 aromatic heterocycles. The second-order valence-corrected chi connectivity index (χ2v) is 8.26. The van der Waals surface area contributed by atoms with Crippen LogP contribution < -0.4 is 4.74 Å². The highest BCUT2D eigenvalue weighted by molar-refractivity contribution is 7.91. The van der Waals surface area contributed by atoms with Crippen LogP contribution in [0.4, 0.5) is 0 Å². The van der Waals surface area contributed by atoms with Crippen molar-refractivity contribution in [3.8, 4) is 5.75 Å². The van der Waals surface area contributed by atoms with E-state index in [4.69, 9.17) is 4.74 Å². The summed E-state index contributed by atoms with van der Waals surface area (Å²) in [5.41, 5.74) is 0.390. The quantitative estimate of drug-likeness (QED) is 0.725. The molecule has 7 heteroatoms. The topological polar surface area (TPSA) is 80.8 Å². The van der Waals surface area contributed by atoms with Crippen LogP contribution in [0.5, 0.6) is 5.75 Å². The Kier molecular flexibility index (Phi) is 4.39. The summed E-state index contributed by atoms with van der Waals surface area (Å²) >= 11 is 0. The summed E-state index contributed by atoms with van der Waals surface area (Å²) in [6, 6.07) is 6.59. The maximum atomic E-state index is 12.5. The molecule has 0 bridgehead atoms. The van der Waals surface area contributed by atoms with Crippen molar-refractivity contribution in [1.82, 2.24) is 4.90 Å². The van der Waals surface area contributed by atoms with Gasteiger partial charge in [0.15, 0.2) is 22.7 Å². The molecular formula is C16H19NO5S. The van der Waals surface area contributed by atoms with E-state index in [0.29, 0.717) is 24.0 Å². The zero-order valence-electron chi connectivity index (χ0n) is 12.7. The van der Waals surface area contributed by atoms with Crippen LogP contribution in [0, 0.1) is 0 Å². The van der Waals surface area contributed by atoms with Gasteiger partial charge in [-0.25, -0.2) is 8.42 Å². The molecule has 1 aliphatic heterocycles. The van der Waals surface area contributed by atoms with Crippen molar-refractivity contribution in [1.29, 1.82) is 0 Å². The molecule has 1 aliphatic carbocycles. The van der Waals surface area contributed by atoms with E-state index < -0.39 is 9.84 Å². The Balaban J connectivity index is 1.67. The third-order valence-corrected chi connectivity index (χ3v) is 5.98. The summed E-state index contributed by atoms with van der Waals surface area (Å²) in [5.74, 6) is 0.337. The van der Waals surface area contributed by atoms with Crippen molar-refractivity contribution in [2.75, 3.05) is 18.1 Å². The summed E-state index contributed by atoms with van der Waals surface area (Å²) in [5, 5.41) is 0. The number of carbonyl (C=O) groups is 2. The minimum absolute atomic E-state index is 0.0418. The molecular weight excluding hydrogens is 318 g/mol. The predicted octanol–water partition coefficient (Wildman–Crippen LogP) is 1.06. The molecule has 6 nitrogen and oxygen atoms in total. The Bertz CT molecular complexity index is 711. The largest absolute Gasteiger partial charge is 0.483 e. The molecule has 0 radical (unpaired) electrons. The van der Waals surface area contributed by atoms with Gasteiger partial charge in [0.2, 0.25) is 0 Å². The zero-order chi connectivity index (χ0) is 16.4. The predicted molar refractivity (Wildman–Crippen MR) is 84.3 cm³/mol. The van der Waals surface area contributed by atoms with Gasteiger partial charge in [-0.3, -0.25) is 9.59 Å². The third kappa shape index (κ3) is 3.72. The molecule has 1 heterocycles. The van der Waals surface area contributed by atoms with Crippen LogP contribution in [-0.2, 0) is 14.6 Å². The van der Waals surface area contributed by atoms with Gasteiger partial charge < -0.3 is 9.64 Å². The smallest absolute Gasteiger partial charge is 0.261 e. The Hall–Kier alpha value is -1.89. The summed E-state index contributed by atoms with van der Waals surface area (Å²) in [6.45, 7) is -0.183. The van der Waals surface area contributed by atoms with Crippen molar-refractivity contribution < 1.29 is 22.7 Å². The third-order valence-electron chi connectivity index (χ3n) is 4.23. The summed E-state index contributed by atoms with van der Waals surface area (Å²) in [7, 11) is -3.04. The molecule has 1 saturated heterocycles. The molecule has 124 valence electrons. The Morgan fingerprint density at radius 1 is 1.22 bits per heavy atom. The molecule has 1 aromatic rings. The molecule has 3 rings (SSSR count). The fourth-order valence-corrected chi connectivity index (χ4v) is 4.69. The first kappa shape index (κ1) is 16.0. The van der Waals surface area contributed by atoms with Gasteiger partial charge in [0, 0.05) is 12.1 Å². The first-order chi connectivity index (χ1) is 11.0. The van der Waals surface area contributed by atoms with Crippen LogP contribution in [0.2, 0.25) is 0 Å². The lowest BCUT2D eigenvalue weighted by Crippen LogP contribution is -2.45. The molecule has 1 atom stereocenters. The molecule has 1 saturated carbocycles. The van der Waals surface area contributed by atoms with Crippen molar-refractivity contribution >= 4 is 22.0 Å². The molecule has 2 aliphatic rings. The molecule has 0 unspecified atom stereocenters. The molecule has 0 N–H and O–H groups in total. The summed E-state index contributed by atoms with van der Waals surface area (Å²) in [6.07, 6.45) is 3.00. The average Bonchev–Trinajstić information content (AvgIpc) is 3.29. The number of aldehydes is 1. The Labute approximate surface area is 135 Å². The van der Waals surface area contributed by atoms with Crippen molar-refractivity contribution in [2.24, 2.45) is 0 Å². The lowest BCUT2D eigenvalue weighted by atomic mass is 10.2. The van der Waals surface area contributed by atoms with Gasteiger partial charge in [-0.2, -0.15) is 0 Å². The van der Waals surface area contributed by atoms with Crippen molar-refractivity contribution in [3.05, 3.63) is 29.8 Å². The number of sulfone groups is 1. The Morgan fingerprint density at radius 3 is 2.57 bits per heavy atom. The molecule has 1 amide bonds. The maximum absolute atomic E-state index is 12.5. The molecule has 1 aromatic carbocycles. The second-order valence-electron chi connectivity index (χ2n) is 6.03. The number of rotatable bonds is 6. The number of hydrogen-bond acceptors (Lipinski definition) is 5. The van der Waals surface area contributed by atoms with Crippen LogP contribution in [0.15, 0.2) is 24.3 Å². The van der Waals surface area contributed by atoms with Crippen molar-refractivity contribution in [3.63, 3.8) is 0 Å². The number of benzene rings is 1. The van der Waals surface area contributed by atoms with Crippen LogP contribution >= 0.6 is 0 Å². The fraction of sp³-hybridized carbons (Fsp3) is 0.500. The standard InChI is InChI=1S/C16H19NO5S/c18-9-12-3-1-2-4-15(12)22-10-16(19)17(13-5-6-13)14-7-8-23(20,21)11-14/h1-4,9,13-14H,5-8,10-11H2/t14-/m1/s1. The summed E-state index contributed by atoms with van der Waals surface area (Å²) < 4.78 is 28.8. The van der Waals surface area contributed by atoms with Gasteiger partial charge in [-0.1, -0.05) is 12.1 Å².